The number of benzene rings is 2. The van der Waals surface area contributed by atoms with Crippen molar-refractivity contribution in [3.8, 4) is 11.8 Å². The monoisotopic (exact) mass is 552 g/mol. The van der Waals surface area contributed by atoms with Crippen LogP contribution in [0.25, 0.3) is 10.9 Å². The van der Waals surface area contributed by atoms with Crippen LogP contribution in [0, 0.1) is 17.1 Å². The van der Waals surface area contributed by atoms with Crippen molar-refractivity contribution in [2.75, 3.05) is 44.8 Å². The van der Waals surface area contributed by atoms with Crippen molar-refractivity contribution >= 4 is 45.6 Å². The Hall–Kier alpha value is -3.36. The molecule has 0 saturated carbocycles. The maximum atomic E-state index is 14.8. The molecule has 11 heteroatoms. The molecule has 3 heterocycles. The first kappa shape index (κ1) is 26.3. The molecule has 0 atom stereocenters. The Kier molecular flexibility index (Phi) is 8.29. The Bertz CT molecular complexity index is 1480. The highest BCUT2D eigenvalue weighted by Gasteiger charge is 2.16. The number of hydrogen-bond donors (Lipinski definition) is 1. The minimum absolute atomic E-state index is 0.124. The number of ether oxygens (including phenoxy) is 2. The van der Waals surface area contributed by atoms with Crippen molar-refractivity contribution in [2.24, 2.45) is 7.05 Å². The van der Waals surface area contributed by atoms with Gasteiger partial charge in [-0.1, -0.05) is 23.4 Å². The molecule has 1 N–H and O–H groups in total. The van der Waals surface area contributed by atoms with Gasteiger partial charge in [-0.25, -0.2) is 9.37 Å². The van der Waals surface area contributed by atoms with Gasteiger partial charge in [0.05, 0.1) is 41.6 Å². The van der Waals surface area contributed by atoms with Crippen molar-refractivity contribution in [3.63, 3.8) is 0 Å². The molecule has 2 aromatic carbocycles. The van der Waals surface area contributed by atoms with Gasteiger partial charge in [0.15, 0.2) is 16.7 Å². The summed E-state index contributed by atoms with van der Waals surface area (Å²) in [6.45, 7) is 4.50. The van der Waals surface area contributed by atoms with Crippen LogP contribution in [-0.2, 0) is 11.8 Å². The summed E-state index contributed by atoms with van der Waals surface area (Å²) in [7, 11) is 1.92. The lowest BCUT2D eigenvalue weighted by molar-refractivity contribution is 0.0357. The number of nitrogens with zero attached hydrogens (tertiary/aromatic N) is 5. The number of morpholine rings is 1. The van der Waals surface area contributed by atoms with Gasteiger partial charge in [0.2, 0.25) is 0 Å². The lowest BCUT2D eigenvalue weighted by atomic mass is 10.1. The van der Waals surface area contributed by atoms with E-state index in [4.69, 9.17) is 21.1 Å². The Morgan fingerprint density at radius 1 is 1.24 bits per heavy atom. The van der Waals surface area contributed by atoms with E-state index >= 15 is 0 Å². The number of rotatable bonds is 9. The average Bonchev–Trinajstić information content (AvgIpc) is 3.33. The largest absolute Gasteiger partial charge is 0.490 e. The van der Waals surface area contributed by atoms with Crippen LogP contribution in [0.15, 0.2) is 59.0 Å². The van der Waals surface area contributed by atoms with E-state index in [-0.39, 0.29) is 5.75 Å². The molecule has 1 aliphatic rings. The fraction of sp³-hybridized carbons (Fsp3) is 0.296. The molecular formula is C27H26ClFN6O2S. The number of imidazole rings is 1. The molecule has 0 radical (unpaired) electrons. The van der Waals surface area contributed by atoms with Gasteiger partial charge in [0.25, 0.3) is 0 Å². The molecule has 8 nitrogen and oxygen atoms in total. The normalized spacial score (nSPS) is 13.9. The Morgan fingerprint density at radius 2 is 2.08 bits per heavy atom. The average molecular weight is 553 g/mol. The third kappa shape index (κ3) is 6.03. The van der Waals surface area contributed by atoms with Crippen molar-refractivity contribution in [1.29, 1.82) is 5.26 Å². The highest BCUT2D eigenvalue weighted by Crippen LogP contribution is 2.37. The van der Waals surface area contributed by atoms with Crippen LogP contribution in [0.4, 0.5) is 15.8 Å². The van der Waals surface area contributed by atoms with Gasteiger partial charge in [-0.15, -0.1) is 0 Å². The van der Waals surface area contributed by atoms with Crippen LogP contribution in [0.1, 0.15) is 12.0 Å². The second-order valence-corrected chi connectivity index (χ2v) is 10.2. The van der Waals surface area contributed by atoms with Crippen molar-refractivity contribution < 1.29 is 13.9 Å². The van der Waals surface area contributed by atoms with Gasteiger partial charge >= 0.3 is 0 Å². The van der Waals surface area contributed by atoms with E-state index in [0.717, 1.165) is 49.3 Å². The summed E-state index contributed by atoms with van der Waals surface area (Å²) in [6.07, 6.45) is 5.80. The second kappa shape index (κ2) is 12.0. The predicted molar refractivity (Wildman–Crippen MR) is 146 cm³/mol. The number of anilines is 2. The molecule has 196 valence electrons. The first-order chi connectivity index (χ1) is 18.5. The standard InChI is InChI=1S/C27H26ClFN6O2S/c1-34-7-5-31-27(34)38-25-4-3-19(13-21(25)28)33-26-18(16-30)17-32-23-15-22(29)24(14-20(23)26)37-10-2-6-35-8-11-36-12-9-35/h3-5,7,13-15,17H,2,6,8-12H2,1H3,(H,32,33). The fourth-order valence-corrected chi connectivity index (χ4v) is 5.28. The van der Waals surface area contributed by atoms with Crippen molar-refractivity contribution in [3.05, 3.63) is 65.3 Å². The van der Waals surface area contributed by atoms with E-state index in [9.17, 15) is 9.65 Å². The number of hydrogen-bond acceptors (Lipinski definition) is 8. The smallest absolute Gasteiger partial charge is 0.172 e. The van der Waals surface area contributed by atoms with E-state index in [2.05, 4.69) is 26.3 Å². The number of halogens is 2. The Balaban J connectivity index is 1.36. The summed E-state index contributed by atoms with van der Waals surface area (Å²) in [4.78, 5) is 11.8. The molecule has 1 aliphatic heterocycles. The topological polar surface area (TPSA) is 88.2 Å². The summed E-state index contributed by atoms with van der Waals surface area (Å²) < 4.78 is 27.9. The number of nitriles is 1. The quantitative estimate of drug-likeness (QED) is 0.267. The number of nitrogens with one attached hydrogen (secondary N) is 1. The van der Waals surface area contributed by atoms with Crippen LogP contribution in [0.5, 0.6) is 5.75 Å². The van der Waals surface area contributed by atoms with E-state index in [0.29, 0.717) is 39.5 Å². The summed E-state index contributed by atoms with van der Waals surface area (Å²) in [5.74, 6) is -0.370. The van der Waals surface area contributed by atoms with Gasteiger partial charge in [-0.3, -0.25) is 9.88 Å². The second-order valence-electron chi connectivity index (χ2n) is 8.81. The van der Waals surface area contributed by atoms with E-state index in [1.54, 1.807) is 18.3 Å². The zero-order valence-corrected chi connectivity index (χ0v) is 22.4. The highest BCUT2D eigenvalue weighted by molar-refractivity contribution is 7.99. The summed E-state index contributed by atoms with van der Waals surface area (Å²) in [5.41, 5.74) is 1.93. The van der Waals surface area contributed by atoms with Gasteiger partial charge in [-0.2, -0.15) is 5.26 Å². The van der Waals surface area contributed by atoms with Gasteiger partial charge in [0.1, 0.15) is 6.07 Å². The first-order valence-electron chi connectivity index (χ1n) is 12.2. The molecular weight excluding hydrogens is 527 g/mol. The summed E-state index contributed by atoms with van der Waals surface area (Å²) >= 11 is 8.03. The zero-order valence-electron chi connectivity index (χ0n) is 20.8. The van der Waals surface area contributed by atoms with Crippen LogP contribution in [0.2, 0.25) is 5.02 Å². The highest BCUT2D eigenvalue weighted by atomic mass is 35.5. The molecule has 0 aliphatic carbocycles. The van der Waals surface area contributed by atoms with Crippen LogP contribution >= 0.6 is 23.4 Å². The van der Waals surface area contributed by atoms with Gasteiger partial charge < -0.3 is 19.4 Å². The minimum atomic E-state index is -0.495. The molecule has 38 heavy (non-hydrogen) atoms. The van der Waals surface area contributed by atoms with Gasteiger partial charge in [0, 0.05) is 67.3 Å². The maximum absolute atomic E-state index is 14.8. The van der Waals surface area contributed by atoms with Crippen molar-refractivity contribution in [2.45, 2.75) is 16.5 Å². The van der Waals surface area contributed by atoms with Crippen LogP contribution in [0.3, 0.4) is 0 Å². The van der Waals surface area contributed by atoms with E-state index in [1.807, 2.05) is 29.9 Å². The molecule has 0 spiro atoms. The molecule has 2 aromatic heterocycles. The lowest BCUT2D eigenvalue weighted by Crippen LogP contribution is -2.37. The van der Waals surface area contributed by atoms with Crippen molar-refractivity contribution in [1.82, 2.24) is 19.4 Å². The molecule has 0 unspecified atom stereocenters. The lowest BCUT2D eigenvalue weighted by Gasteiger charge is -2.26. The number of fused-ring (bicyclic) bond motifs is 1. The molecule has 0 amide bonds. The first-order valence-corrected chi connectivity index (χ1v) is 13.4. The minimum Gasteiger partial charge on any atom is -0.490 e. The molecule has 4 aromatic rings. The number of aryl methyl sites for hydroxylation is 1. The Labute approximate surface area is 229 Å². The third-order valence-electron chi connectivity index (χ3n) is 6.20. The van der Waals surface area contributed by atoms with Crippen LogP contribution < -0.4 is 10.1 Å². The number of pyridine rings is 1. The maximum Gasteiger partial charge on any atom is 0.172 e. The SMILES string of the molecule is Cn1ccnc1Sc1ccc(Nc2c(C#N)cnc3cc(F)c(OCCCN4CCOCC4)cc23)cc1Cl. The zero-order chi connectivity index (χ0) is 26.5. The third-order valence-corrected chi connectivity index (χ3v) is 7.78. The van der Waals surface area contributed by atoms with Crippen LogP contribution in [-0.4, -0.2) is 58.9 Å². The summed E-state index contributed by atoms with van der Waals surface area (Å²) in [6, 6.07) is 10.6. The molecule has 5 rings (SSSR count). The Morgan fingerprint density at radius 3 is 2.82 bits per heavy atom. The number of aromatic nitrogens is 3. The molecule has 1 saturated heterocycles. The van der Waals surface area contributed by atoms with E-state index in [1.165, 1.54) is 24.0 Å². The van der Waals surface area contributed by atoms with E-state index < -0.39 is 5.82 Å². The van der Waals surface area contributed by atoms with Gasteiger partial charge in [-0.05, 0) is 30.7 Å². The molecule has 0 bridgehead atoms. The fourth-order valence-electron chi connectivity index (χ4n) is 4.17. The molecule has 1 fully saturated rings. The summed E-state index contributed by atoms with van der Waals surface area (Å²) in [5, 5.41) is 15.0. The predicted octanol–water partition coefficient (Wildman–Crippen LogP) is 5.63.